The van der Waals surface area contributed by atoms with Crippen LogP contribution in [0, 0.1) is 0 Å². The number of amides is 1. The maximum Gasteiger partial charge on any atom is 0.254 e. The molecule has 0 aliphatic carbocycles. The first-order chi connectivity index (χ1) is 11.6. The molecule has 3 aromatic carbocycles. The minimum absolute atomic E-state index is 0.0788. The highest BCUT2D eigenvalue weighted by Crippen LogP contribution is 2.29. The van der Waals surface area contributed by atoms with E-state index in [0.29, 0.717) is 0 Å². The zero-order valence-corrected chi connectivity index (χ0v) is 16.1. The molecule has 0 atom stereocenters. The van der Waals surface area contributed by atoms with E-state index < -0.39 is 0 Å². The lowest BCUT2D eigenvalue weighted by Crippen LogP contribution is -2.55. The number of hydrogen-bond acceptors (Lipinski definition) is 1. The van der Waals surface area contributed by atoms with Crippen LogP contribution in [0.15, 0.2) is 54.6 Å². The molecule has 0 aliphatic rings. The van der Waals surface area contributed by atoms with Crippen LogP contribution in [0.3, 0.4) is 0 Å². The van der Waals surface area contributed by atoms with E-state index >= 15 is 0 Å². The Kier molecular flexibility index (Phi) is 4.10. The van der Waals surface area contributed by atoms with Crippen molar-refractivity contribution in [2.24, 2.45) is 0 Å². The van der Waals surface area contributed by atoms with Crippen LogP contribution in [-0.2, 0) is 0 Å². The van der Waals surface area contributed by atoms with Gasteiger partial charge in [-0.3, -0.25) is 4.79 Å². The molecule has 25 heavy (non-hydrogen) atoms. The molecular formula is C23H27NO. The van der Waals surface area contributed by atoms with Crippen LogP contribution in [0.2, 0.25) is 0 Å². The quantitative estimate of drug-likeness (QED) is 0.498. The second-order valence-corrected chi connectivity index (χ2v) is 8.74. The maximum atomic E-state index is 13.3. The monoisotopic (exact) mass is 333 g/mol. The van der Waals surface area contributed by atoms with E-state index in [-0.39, 0.29) is 17.0 Å². The van der Waals surface area contributed by atoms with Crippen molar-refractivity contribution in [1.82, 2.24) is 4.90 Å². The molecule has 0 aromatic heterocycles. The van der Waals surface area contributed by atoms with Gasteiger partial charge < -0.3 is 4.90 Å². The lowest BCUT2D eigenvalue weighted by molar-refractivity contribution is 0.0271. The molecule has 0 bridgehead atoms. The van der Waals surface area contributed by atoms with E-state index in [9.17, 15) is 4.79 Å². The van der Waals surface area contributed by atoms with Gasteiger partial charge in [-0.2, -0.15) is 0 Å². The van der Waals surface area contributed by atoms with Gasteiger partial charge in [0.1, 0.15) is 0 Å². The number of fused-ring (bicyclic) bond motifs is 2. The first kappa shape index (κ1) is 17.5. The molecular weight excluding hydrogens is 306 g/mol. The van der Waals surface area contributed by atoms with Gasteiger partial charge in [0, 0.05) is 16.6 Å². The molecule has 0 unspecified atom stereocenters. The SMILES string of the molecule is CC(C)(C)N(C(=O)c1ccc2cc3ccccc3cc2c1)C(C)(C)C. The molecule has 0 saturated carbocycles. The summed E-state index contributed by atoms with van der Waals surface area (Å²) in [6.45, 7) is 12.5. The van der Waals surface area contributed by atoms with Crippen molar-refractivity contribution in [3.05, 3.63) is 60.2 Å². The fourth-order valence-electron chi connectivity index (χ4n) is 3.82. The van der Waals surface area contributed by atoms with Gasteiger partial charge in [-0.05, 0) is 87.4 Å². The molecule has 130 valence electrons. The Labute approximate surface area is 150 Å². The molecule has 2 heteroatoms. The molecule has 0 radical (unpaired) electrons. The zero-order valence-electron chi connectivity index (χ0n) is 16.1. The molecule has 0 spiro atoms. The Morgan fingerprint density at radius 1 is 0.680 bits per heavy atom. The van der Waals surface area contributed by atoms with Gasteiger partial charge in [0.15, 0.2) is 0 Å². The van der Waals surface area contributed by atoms with E-state index in [2.05, 4.69) is 77.9 Å². The van der Waals surface area contributed by atoms with Crippen LogP contribution in [0.4, 0.5) is 0 Å². The highest BCUT2D eigenvalue weighted by atomic mass is 16.2. The average Bonchev–Trinajstić information content (AvgIpc) is 2.49. The number of rotatable bonds is 1. The normalized spacial score (nSPS) is 12.6. The molecule has 0 fully saturated rings. The van der Waals surface area contributed by atoms with Crippen LogP contribution in [-0.4, -0.2) is 21.9 Å². The summed E-state index contributed by atoms with van der Waals surface area (Å²) in [5.41, 5.74) is 0.258. The Morgan fingerprint density at radius 3 is 1.68 bits per heavy atom. The Balaban J connectivity index is 2.11. The Hall–Kier alpha value is -2.35. The fourth-order valence-corrected chi connectivity index (χ4v) is 3.82. The summed E-state index contributed by atoms with van der Waals surface area (Å²) < 4.78 is 0. The van der Waals surface area contributed by atoms with Crippen LogP contribution < -0.4 is 0 Å². The van der Waals surface area contributed by atoms with Gasteiger partial charge >= 0.3 is 0 Å². The second kappa shape index (κ2) is 5.87. The van der Waals surface area contributed by atoms with Crippen LogP contribution in [0.25, 0.3) is 21.5 Å². The van der Waals surface area contributed by atoms with Crippen molar-refractivity contribution in [2.75, 3.05) is 0 Å². The minimum Gasteiger partial charge on any atom is -0.329 e. The average molecular weight is 333 g/mol. The van der Waals surface area contributed by atoms with Crippen LogP contribution in [0.1, 0.15) is 51.9 Å². The molecule has 3 rings (SSSR count). The molecule has 0 saturated heterocycles. The topological polar surface area (TPSA) is 20.3 Å². The van der Waals surface area contributed by atoms with Crippen molar-refractivity contribution in [3.8, 4) is 0 Å². The third-order valence-corrected chi connectivity index (χ3v) is 4.50. The number of hydrogen-bond donors (Lipinski definition) is 0. The van der Waals surface area contributed by atoms with Crippen molar-refractivity contribution < 1.29 is 4.79 Å². The van der Waals surface area contributed by atoms with E-state index in [1.54, 1.807) is 0 Å². The fraction of sp³-hybridized carbons (Fsp3) is 0.348. The molecule has 0 N–H and O–H groups in total. The Morgan fingerprint density at radius 2 is 1.16 bits per heavy atom. The van der Waals surface area contributed by atoms with Gasteiger partial charge in [-0.1, -0.05) is 30.3 Å². The van der Waals surface area contributed by atoms with E-state index in [0.717, 1.165) is 16.3 Å². The van der Waals surface area contributed by atoms with Gasteiger partial charge in [-0.15, -0.1) is 0 Å². The largest absolute Gasteiger partial charge is 0.329 e. The Bertz CT molecular complexity index is 928. The molecule has 0 aliphatic heterocycles. The van der Waals surface area contributed by atoms with Gasteiger partial charge in [-0.25, -0.2) is 0 Å². The summed E-state index contributed by atoms with van der Waals surface area (Å²) in [7, 11) is 0. The summed E-state index contributed by atoms with van der Waals surface area (Å²) in [6, 6.07) is 18.7. The van der Waals surface area contributed by atoms with Gasteiger partial charge in [0.25, 0.3) is 5.91 Å². The number of carbonyl (C=O) groups excluding carboxylic acids is 1. The highest BCUT2D eigenvalue weighted by molar-refractivity contribution is 6.03. The van der Waals surface area contributed by atoms with Crippen molar-refractivity contribution >= 4 is 27.5 Å². The summed E-state index contributed by atoms with van der Waals surface area (Å²) in [4.78, 5) is 15.2. The van der Waals surface area contributed by atoms with Crippen molar-refractivity contribution in [2.45, 2.75) is 52.6 Å². The maximum absolute atomic E-state index is 13.3. The predicted molar refractivity (Wildman–Crippen MR) is 107 cm³/mol. The molecule has 0 heterocycles. The lowest BCUT2D eigenvalue weighted by Gasteiger charge is -2.45. The first-order valence-corrected chi connectivity index (χ1v) is 8.85. The van der Waals surface area contributed by atoms with Gasteiger partial charge in [0.05, 0.1) is 0 Å². The van der Waals surface area contributed by atoms with E-state index in [1.807, 2.05) is 23.1 Å². The smallest absolute Gasteiger partial charge is 0.254 e. The summed E-state index contributed by atoms with van der Waals surface area (Å²) in [5, 5.41) is 4.68. The first-order valence-electron chi connectivity index (χ1n) is 8.85. The molecule has 3 aromatic rings. The number of benzene rings is 3. The third-order valence-electron chi connectivity index (χ3n) is 4.50. The summed E-state index contributed by atoms with van der Waals surface area (Å²) >= 11 is 0. The molecule has 1 amide bonds. The zero-order chi connectivity index (χ0) is 18.4. The van der Waals surface area contributed by atoms with Crippen molar-refractivity contribution in [1.29, 1.82) is 0 Å². The second-order valence-electron chi connectivity index (χ2n) is 8.74. The summed E-state index contributed by atoms with van der Waals surface area (Å²) in [5.74, 6) is 0.0788. The van der Waals surface area contributed by atoms with E-state index in [1.165, 1.54) is 10.8 Å². The summed E-state index contributed by atoms with van der Waals surface area (Å²) in [6.07, 6.45) is 0. The molecule has 2 nitrogen and oxygen atoms in total. The predicted octanol–water partition coefficient (Wildman–Crippen LogP) is 6.03. The highest BCUT2D eigenvalue weighted by Gasteiger charge is 2.36. The van der Waals surface area contributed by atoms with E-state index in [4.69, 9.17) is 0 Å². The number of carbonyl (C=O) groups is 1. The number of nitrogens with zero attached hydrogens (tertiary/aromatic N) is 1. The third kappa shape index (κ3) is 3.39. The van der Waals surface area contributed by atoms with Crippen LogP contribution >= 0.6 is 0 Å². The lowest BCUT2D eigenvalue weighted by atomic mass is 9.93. The standard InChI is InChI=1S/C23H27NO/c1-22(2,3)24(23(4,5)6)21(25)19-12-11-18-13-16-9-7-8-10-17(16)14-20(18)15-19/h7-15H,1-6H3. The van der Waals surface area contributed by atoms with Gasteiger partial charge in [0.2, 0.25) is 0 Å². The van der Waals surface area contributed by atoms with Crippen LogP contribution in [0.5, 0.6) is 0 Å². The van der Waals surface area contributed by atoms with Crippen molar-refractivity contribution in [3.63, 3.8) is 0 Å². The minimum atomic E-state index is -0.242.